The lowest BCUT2D eigenvalue weighted by atomic mass is 10.1. The van der Waals surface area contributed by atoms with E-state index in [9.17, 15) is 0 Å². The van der Waals surface area contributed by atoms with Gasteiger partial charge in [0.25, 0.3) is 0 Å². The van der Waals surface area contributed by atoms with Gasteiger partial charge in [0, 0.05) is 12.5 Å². The molecular formula is C18H23NO2. The Bertz CT molecular complexity index is 534. The van der Waals surface area contributed by atoms with Gasteiger partial charge in [-0.25, -0.2) is 0 Å². The third kappa shape index (κ3) is 4.50. The fourth-order valence-electron chi connectivity index (χ4n) is 2.13. The van der Waals surface area contributed by atoms with E-state index in [4.69, 9.17) is 15.2 Å². The standard InChI is InChI=1S/C18H23NO2/c1-3-18(19)15-6-10-17(11-7-15)21-13-12-14-4-8-16(20-2)9-5-14/h4-11,18H,3,12-13,19H2,1-2H3/t18-/m0/s1. The lowest BCUT2D eigenvalue weighted by Gasteiger charge is -2.11. The van der Waals surface area contributed by atoms with Gasteiger partial charge in [0.2, 0.25) is 0 Å². The van der Waals surface area contributed by atoms with E-state index in [-0.39, 0.29) is 6.04 Å². The second-order valence-electron chi connectivity index (χ2n) is 5.03. The fourth-order valence-corrected chi connectivity index (χ4v) is 2.13. The van der Waals surface area contributed by atoms with Crippen molar-refractivity contribution in [3.05, 3.63) is 59.7 Å². The summed E-state index contributed by atoms with van der Waals surface area (Å²) in [6.45, 7) is 2.75. The van der Waals surface area contributed by atoms with E-state index in [1.165, 1.54) is 5.56 Å². The molecule has 2 aromatic carbocycles. The Morgan fingerprint density at radius 2 is 1.57 bits per heavy atom. The number of ether oxygens (including phenoxy) is 2. The topological polar surface area (TPSA) is 44.5 Å². The molecule has 0 aliphatic heterocycles. The average molecular weight is 285 g/mol. The number of hydrogen-bond acceptors (Lipinski definition) is 3. The third-order valence-corrected chi connectivity index (χ3v) is 3.57. The maximum absolute atomic E-state index is 5.99. The third-order valence-electron chi connectivity index (χ3n) is 3.57. The molecule has 0 amide bonds. The number of nitrogens with two attached hydrogens (primary N) is 1. The van der Waals surface area contributed by atoms with Gasteiger partial charge in [-0.05, 0) is 41.8 Å². The smallest absolute Gasteiger partial charge is 0.119 e. The van der Waals surface area contributed by atoms with Crippen LogP contribution >= 0.6 is 0 Å². The Morgan fingerprint density at radius 3 is 2.14 bits per heavy atom. The predicted molar refractivity (Wildman–Crippen MR) is 85.9 cm³/mol. The van der Waals surface area contributed by atoms with Crippen LogP contribution in [0.4, 0.5) is 0 Å². The summed E-state index contributed by atoms with van der Waals surface area (Å²) in [4.78, 5) is 0. The molecule has 0 unspecified atom stereocenters. The van der Waals surface area contributed by atoms with Gasteiger partial charge in [0.05, 0.1) is 13.7 Å². The summed E-state index contributed by atoms with van der Waals surface area (Å²) in [6.07, 6.45) is 1.82. The van der Waals surface area contributed by atoms with Crippen molar-refractivity contribution in [1.29, 1.82) is 0 Å². The van der Waals surface area contributed by atoms with E-state index in [0.29, 0.717) is 6.61 Å². The van der Waals surface area contributed by atoms with Gasteiger partial charge < -0.3 is 15.2 Å². The van der Waals surface area contributed by atoms with Crippen LogP contribution in [0.2, 0.25) is 0 Å². The largest absolute Gasteiger partial charge is 0.497 e. The highest BCUT2D eigenvalue weighted by Crippen LogP contribution is 2.18. The maximum atomic E-state index is 5.99. The molecule has 3 heteroatoms. The Kier molecular flexibility index (Phi) is 5.64. The van der Waals surface area contributed by atoms with E-state index in [2.05, 4.69) is 19.1 Å². The first-order valence-corrected chi connectivity index (χ1v) is 7.34. The van der Waals surface area contributed by atoms with Crippen molar-refractivity contribution in [3.8, 4) is 11.5 Å². The van der Waals surface area contributed by atoms with Crippen molar-refractivity contribution in [2.45, 2.75) is 25.8 Å². The highest BCUT2D eigenvalue weighted by Gasteiger charge is 2.03. The van der Waals surface area contributed by atoms with Gasteiger partial charge in [-0.15, -0.1) is 0 Å². The van der Waals surface area contributed by atoms with E-state index in [1.807, 2.05) is 36.4 Å². The molecule has 0 aromatic heterocycles. The number of hydrogen-bond donors (Lipinski definition) is 1. The van der Waals surface area contributed by atoms with Gasteiger partial charge in [0.1, 0.15) is 11.5 Å². The molecule has 0 spiro atoms. The molecule has 0 bridgehead atoms. The zero-order valence-electron chi connectivity index (χ0n) is 12.7. The number of methoxy groups -OCH3 is 1. The van der Waals surface area contributed by atoms with Gasteiger partial charge in [-0.3, -0.25) is 0 Å². The molecule has 0 aliphatic carbocycles. The van der Waals surface area contributed by atoms with Crippen LogP contribution < -0.4 is 15.2 Å². The first-order chi connectivity index (χ1) is 10.2. The molecular weight excluding hydrogens is 262 g/mol. The Labute approximate surface area is 126 Å². The van der Waals surface area contributed by atoms with E-state index >= 15 is 0 Å². The monoisotopic (exact) mass is 285 g/mol. The number of rotatable bonds is 7. The van der Waals surface area contributed by atoms with Crippen LogP contribution in [0.25, 0.3) is 0 Å². The molecule has 0 aliphatic rings. The van der Waals surface area contributed by atoms with Crippen molar-refractivity contribution < 1.29 is 9.47 Å². The first-order valence-electron chi connectivity index (χ1n) is 7.34. The van der Waals surface area contributed by atoms with Gasteiger partial charge in [-0.1, -0.05) is 31.2 Å². The van der Waals surface area contributed by atoms with Crippen LogP contribution in [0.5, 0.6) is 11.5 Å². The summed E-state index contributed by atoms with van der Waals surface area (Å²) in [5, 5.41) is 0. The van der Waals surface area contributed by atoms with Crippen LogP contribution in [-0.2, 0) is 6.42 Å². The van der Waals surface area contributed by atoms with Gasteiger partial charge in [-0.2, -0.15) is 0 Å². The van der Waals surface area contributed by atoms with Crippen molar-refractivity contribution in [1.82, 2.24) is 0 Å². The maximum Gasteiger partial charge on any atom is 0.119 e. The molecule has 0 saturated carbocycles. The van der Waals surface area contributed by atoms with E-state index in [0.717, 1.165) is 29.9 Å². The minimum Gasteiger partial charge on any atom is -0.497 e. The molecule has 0 radical (unpaired) electrons. The Balaban J connectivity index is 1.82. The molecule has 3 nitrogen and oxygen atoms in total. The van der Waals surface area contributed by atoms with E-state index in [1.54, 1.807) is 7.11 Å². The molecule has 2 rings (SSSR count). The molecule has 2 aromatic rings. The van der Waals surface area contributed by atoms with Gasteiger partial charge >= 0.3 is 0 Å². The highest BCUT2D eigenvalue weighted by atomic mass is 16.5. The zero-order chi connectivity index (χ0) is 15.1. The summed E-state index contributed by atoms with van der Waals surface area (Å²) >= 11 is 0. The molecule has 0 saturated heterocycles. The summed E-state index contributed by atoms with van der Waals surface area (Å²) in [7, 11) is 1.67. The lowest BCUT2D eigenvalue weighted by Crippen LogP contribution is -2.08. The summed E-state index contributed by atoms with van der Waals surface area (Å²) in [6, 6.07) is 16.2. The van der Waals surface area contributed by atoms with Crippen molar-refractivity contribution in [2.24, 2.45) is 5.73 Å². The molecule has 0 heterocycles. The second kappa shape index (κ2) is 7.70. The van der Waals surface area contributed by atoms with Gasteiger partial charge in [0.15, 0.2) is 0 Å². The summed E-state index contributed by atoms with van der Waals surface area (Å²) in [5.74, 6) is 1.76. The Morgan fingerprint density at radius 1 is 0.952 bits per heavy atom. The lowest BCUT2D eigenvalue weighted by molar-refractivity contribution is 0.321. The van der Waals surface area contributed by atoms with Crippen LogP contribution in [0.3, 0.4) is 0 Å². The SMILES string of the molecule is CC[C@H](N)c1ccc(OCCc2ccc(OC)cc2)cc1. The fraction of sp³-hybridized carbons (Fsp3) is 0.333. The molecule has 21 heavy (non-hydrogen) atoms. The van der Waals surface area contributed by atoms with Crippen LogP contribution in [0.1, 0.15) is 30.5 Å². The summed E-state index contributed by atoms with van der Waals surface area (Å²) in [5.41, 5.74) is 8.38. The van der Waals surface area contributed by atoms with Crippen molar-refractivity contribution in [2.75, 3.05) is 13.7 Å². The normalized spacial score (nSPS) is 12.0. The number of benzene rings is 2. The molecule has 112 valence electrons. The molecule has 2 N–H and O–H groups in total. The average Bonchev–Trinajstić information content (AvgIpc) is 2.55. The van der Waals surface area contributed by atoms with Crippen LogP contribution in [-0.4, -0.2) is 13.7 Å². The Hall–Kier alpha value is -2.00. The van der Waals surface area contributed by atoms with Crippen molar-refractivity contribution >= 4 is 0 Å². The van der Waals surface area contributed by atoms with Crippen LogP contribution in [0, 0.1) is 0 Å². The van der Waals surface area contributed by atoms with E-state index < -0.39 is 0 Å². The second-order valence-corrected chi connectivity index (χ2v) is 5.03. The zero-order valence-corrected chi connectivity index (χ0v) is 12.7. The first kappa shape index (κ1) is 15.4. The highest BCUT2D eigenvalue weighted by molar-refractivity contribution is 5.29. The predicted octanol–water partition coefficient (Wildman–Crippen LogP) is 3.73. The molecule has 1 atom stereocenters. The summed E-state index contributed by atoms with van der Waals surface area (Å²) < 4.78 is 10.9. The van der Waals surface area contributed by atoms with Crippen molar-refractivity contribution in [3.63, 3.8) is 0 Å². The minimum atomic E-state index is 0.110. The minimum absolute atomic E-state index is 0.110. The quantitative estimate of drug-likeness (QED) is 0.843. The van der Waals surface area contributed by atoms with Crippen LogP contribution in [0.15, 0.2) is 48.5 Å². The molecule has 0 fully saturated rings.